The predicted molar refractivity (Wildman–Crippen MR) is 137 cm³/mol. The molecule has 0 fully saturated rings. The number of carbonyl (C=O) groups excluding carboxylic acids is 2. The smallest absolute Gasteiger partial charge is 0.327 e. The van der Waals surface area contributed by atoms with Gasteiger partial charge in [0, 0.05) is 13.0 Å². The first kappa shape index (κ1) is 27.4. The lowest BCUT2D eigenvalue weighted by Gasteiger charge is -2.34. The molecule has 8 nitrogen and oxygen atoms in total. The van der Waals surface area contributed by atoms with Crippen LogP contribution in [0.4, 0.5) is 0 Å². The Kier molecular flexibility index (Phi) is 8.92. The van der Waals surface area contributed by atoms with Gasteiger partial charge in [0.1, 0.15) is 17.4 Å². The van der Waals surface area contributed by atoms with Gasteiger partial charge in [-0.1, -0.05) is 42.5 Å². The molecule has 194 valence electrons. The number of nitrogens with zero attached hydrogens (tertiary/aromatic N) is 1. The SMILES string of the molecule is COc1ccc(S(=O)(=O)N2CC=CCC(NC(=O)CCc3ccccc3)C2C(=O)OC(C)(C)C)cc1. The largest absolute Gasteiger partial charge is 0.497 e. The van der Waals surface area contributed by atoms with Crippen LogP contribution >= 0.6 is 0 Å². The second-order valence-corrected chi connectivity index (χ2v) is 11.5. The number of amides is 1. The lowest BCUT2D eigenvalue weighted by Crippen LogP contribution is -2.57. The van der Waals surface area contributed by atoms with Gasteiger partial charge in [-0.2, -0.15) is 4.31 Å². The highest BCUT2D eigenvalue weighted by molar-refractivity contribution is 7.89. The fourth-order valence-corrected chi connectivity index (χ4v) is 5.52. The fourth-order valence-electron chi connectivity index (χ4n) is 3.96. The summed E-state index contributed by atoms with van der Waals surface area (Å²) in [5.74, 6) is -0.469. The first-order valence-corrected chi connectivity index (χ1v) is 13.3. The number of benzene rings is 2. The van der Waals surface area contributed by atoms with E-state index in [2.05, 4.69) is 5.32 Å². The number of rotatable bonds is 8. The van der Waals surface area contributed by atoms with Gasteiger partial charge in [0.15, 0.2) is 0 Å². The lowest BCUT2D eigenvalue weighted by atomic mass is 10.0. The van der Waals surface area contributed by atoms with Crippen LogP contribution in [0.25, 0.3) is 0 Å². The highest BCUT2D eigenvalue weighted by atomic mass is 32.2. The first-order chi connectivity index (χ1) is 17.0. The molecule has 1 amide bonds. The summed E-state index contributed by atoms with van der Waals surface area (Å²) >= 11 is 0. The van der Waals surface area contributed by atoms with Crippen LogP contribution in [0.5, 0.6) is 5.75 Å². The van der Waals surface area contributed by atoms with Crippen LogP contribution in [0.1, 0.15) is 39.2 Å². The molecule has 1 aliphatic rings. The van der Waals surface area contributed by atoms with Gasteiger partial charge in [-0.3, -0.25) is 9.59 Å². The normalized spacial score (nSPS) is 18.8. The number of aryl methyl sites for hydroxylation is 1. The Morgan fingerprint density at radius 2 is 1.69 bits per heavy atom. The molecule has 2 aromatic rings. The predicted octanol–water partition coefficient (Wildman–Crippen LogP) is 3.47. The zero-order valence-corrected chi connectivity index (χ0v) is 22.0. The number of sulfonamides is 1. The van der Waals surface area contributed by atoms with Gasteiger partial charge in [0.25, 0.3) is 0 Å². The van der Waals surface area contributed by atoms with Crippen LogP contribution < -0.4 is 10.1 Å². The highest BCUT2D eigenvalue weighted by Crippen LogP contribution is 2.27. The van der Waals surface area contributed by atoms with Gasteiger partial charge < -0.3 is 14.8 Å². The summed E-state index contributed by atoms with van der Waals surface area (Å²) in [6.07, 6.45) is 4.49. The van der Waals surface area contributed by atoms with Crippen molar-refractivity contribution in [2.45, 2.75) is 62.6 Å². The van der Waals surface area contributed by atoms with Crippen molar-refractivity contribution in [3.05, 3.63) is 72.3 Å². The van der Waals surface area contributed by atoms with Crippen LogP contribution in [-0.2, 0) is 30.8 Å². The van der Waals surface area contributed by atoms with Crippen molar-refractivity contribution < 1.29 is 27.5 Å². The molecule has 1 aliphatic heterocycles. The minimum atomic E-state index is -4.11. The summed E-state index contributed by atoms with van der Waals surface area (Å²) < 4.78 is 39.3. The van der Waals surface area contributed by atoms with Crippen LogP contribution in [-0.4, -0.2) is 55.9 Å². The third-order valence-electron chi connectivity index (χ3n) is 5.68. The molecule has 0 aromatic heterocycles. The summed E-state index contributed by atoms with van der Waals surface area (Å²) in [6, 6.07) is 13.5. The number of carbonyl (C=O) groups is 2. The number of ether oxygens (including phenoxy) is 2. The molecule has 9 heteroatoms. The van der Waals surface area contributed by atoms with E-state index < -0.39 is 33.7 Å². The average Bonchev–Trinajstić information content (AvgIpc) is 3.05. The Labute approximate surface area is 213 Å². The zero-order chi connectivity index (χ0) is 26.3. The van der Waals surface area contributed by atoms with E-state index in [-0.39, 0.29) is 30.2 Å². The van der Waals surface area contributed by atoms with Crippen LogP contribution in [0.15, 0.2) is 71.6 Å². The van der Waals surface area contributed by atoms with Crippen molar-refractivity contribution in [2.75, 3.05) is 13.7 Å². The molecule has 0 saturated carbocycles. The number of hydrogen-bond acceptors (Lipinski definition) is 6. The summed E-state index contributed by atoms with van der Waals surface area (Å²) in [5.41, 5.74) is 0.176. The zero-order valence-electron chi connectivity index (χ0n) is 21.1. The Morgan fingerprint density at radius 1 is 1.03 bits per heavy atom. The van der Waals surface area contributed by atoms with Gasteiger partial charge in [-0.15, -0.1) is 0 Å². The molecule has 2 aromatic carbocycles. The molecule has 36 heavy (non-hydrogen) atoms. The summed E-state index contributed by atoms with van der Waals surface area (Å²) in [4.78, 5) is 26.3. The van der Waals surface area contributed by atoms with E-state index in [0.29, 0.717) is 12.2 Å². The second kappa shape index (κ2) is 11.7. The Balaban J connectivity index is 1.90. The maximum Gasteiger partial charge on any atom is 0.327 e. The van der Waals surface area contributed by atoms with E-state index >= 15 is 0 Å². The van der Waals surface area contributed by atoms with Crippen LogP contribution in [0, 0.1) is 0 Å². The van der Waals surface area contributed by atoms with Gasteiger partial charge in [0.2, 0.25) is 15.9 Å². The van der Waals surface area contributed by atoms with E-state index in [4.69, 9.17) is 9.47 Å². The fraction of sp³-hybridized carbons (Fsp3) is 0.407. The van der Waals surface area contributed by atoms with E-state index in [9.17, 15) is 18.0 Å². The van der Waals surface area contributed by atoms with Crippen molar-refractivity contribution in [3.63, 3.8) is 0 Å². The monoisotopic (exact) mass is 514 g/mol. The van der Waals surface area contributed by atoms with Gasteiger partial charge >= 0.3 is 5.97 Å². The average molecular weight is 515 g/mol. The summed E-state index contributed by atoms with van der Waals surface area (Å²) in [6.45, 7) is 5.12. The van der Waals surface area contributed by atoms with Crippen molar-refractivity contribution in [2.24, 2.45) is 0 Å². The molecule has 0 spiro atoms. The maximum absolute atomic E-state index is 13.7. The lowest BCUT2D eigenvalue weighted by molar-refractivity contribution is -0.160. The van der Waals surface area contributed by atoms with Crippen LogP contribution in [0.3, 0.4) is 0 Å². The maximum atomic E-state index is 13.7. The third-order valence-corrected chi connectivity index (χ3v) is 7.54. The molecule has 0 bridgehead atoms. The number of methoxy groups -OCH3 is 1. The minimum Gasteiger partial charge on any atom is -0.497 e. The minimum absolute atomic E-state index is 0.0151. The van der Waals surface area contributed by atoms with Gasteiger partial charge in [-0.25, -0.2) is 8.42 Å². The van der Waals surface area contributed by atoms with Crippen molar-refractivity contribution in [3.8, 4) is 5.75 Å². The van der Waals surface area contributed by atoms with E-state index in [1.54, 1.807) is 45.1 Å². The van der Waals surface area contributed by atoms with E-state index in [0.717, 1.165) is 9.87 Å². The summed E-state index contributed by atoms with van der Waals surface area (Å²) in [7, 11) is -2.62. The molecular formula is C27H34N2O6S. The molecule has 2 unspecified atom stereocenters. The second-order valence-electron chi connectivity index (χ2n) is 9.60. The Bertz CT molecular complexity index is 1170. The molecular weight excluding hydrogens is 480 g/mol. The Morgan fingerprint density at radius 3 is 2.31 bits per heavy atom. The Hall–Kier alpha value is -3.17. The quantitative estimate of drug-likeness (QED) is 0.428. The van der Waals surface area contributed by atoms with Crippen molar-refractivity contribution in [1.29, 1.82) is 0 Å². The first-order valence-electron chi connectivity index (χ1n) is 11.9. The number of hydrogen-bond donors (Lipinski definition) is 1. The van der Waals surface area contributed by atoms with Gasteiger partial charge in [-0.05, 0) is 63.4 Å². The molecule has 1 N–H and O–H groups in total. The van der Waals surface area contributed by atoms with Crippen molar-refractivity contribution >= 4 is 21.9 Å². The van der Waals surface area contributed by atoms with Gasteiger partial charge in [0.05, 0.1) is 18.0 Å². The van der Waals surface area contributed by atoms with Crippen LogP contribution in [0.2, 0.25) is 0 Å². The number of esters is 1. The highest BCUT2D eigenvalue weighted by Gasteiger charge is 2.43. The topological polar surface area (TPSA) is 102 Å². The standard InChI is InChI=1S/C27H34N2O6S/c1-27(2,3)35-26(31)25-23(28-24(30)18-13-20-10-6-5-7-11-20)12-8-9-19-29(25)36(32,33)22-16-14-21(34-4)15-17-22/h5-11,14-17,23,25H,12-13,18-19H2,1-4H3,(H,28,30). The molecule has 1 heterocycles. The molecule has 0 saturated heterocycles. The summed E-state index contributed by atoms with van der Waals surface area (Å²) in [5, 5.41) is 2.90. The molecule has 2 atom stereocenters. The van der Waals surface area contributed by atoms with E-state index in [1.807, 2.05) is 30.3 Å². The van der Waals surface area contributed by atoms with Crippen molar-refractivity contribution in [1.82, 2.24) is 9.62 Å². The van der Waals surface area contributed by atoms with E-state index in [1.165, 1.54) is 19.2 Å². The number of nitrogens with one attached hydrogen (secondary N) is 1. The third kappa shape index (κ3) is 7.18. The molecule has 0 radical (unpaired) electrons. The molecule has 3 rings (SSSR count). The molecule has 0 aliphatic carbocycles.